The number of H-pyrrole nitrogens is 1. The van der Waals surface area contributed by atoms with Gasteiger partial charge in [0.05, 0.1) is 35.1 Å². The predicted octanol–water partition coefficient (Wildman–Crippen LogP) is 5.14. The second kappa shape index (κ2) is 9.36. The summed E-state index contributed by atoms with van der Waals surface area (Å²) < 4.78 is 0. The summed E-state index contributed by atoms with van der Waals surface area (Å²) in [7, 11) is 0. The van der Waals surface area contributed by atoms with Gasteiger partial charge in [-0.15, -0.1) is 11.3 Å². The number of carbonyl (C=O) groups excluding carboxylic acids is 3. The summed E-state index contributed by atoms with van der Waals surface area (Å²) in [5.74, 6) is -1.02. The number of imide groups is 1. The molecular weight excluding hydrogens is 486 g/mol. The van der Waals surface area contributed by atoms with Crippen molar-refractivity contribution in [2.24, 2.45) is 0 Å². The predicted molar refractivity (Wildman–Crippen MR) is 142 cm³/mol. The van der Waals surface area contributed by atoms with Crippen molar-refractivity contribution in [3.8, 4) is 0 Å². The Kier molecular flexibility index (Phi) is 5.74. The molecule has 3 N–H and O–H groups in total. The molecule has 3 aromatic heterocycles. The summed E-state index contributed by atoms with van der Waals surface area (Å²) in [6.07, 6.45) is 3.51. The summed E-state index contributed by atoms with van der Waals surface area (Å²) in [6, 6.07) is 21.1. The minimum atomic E-state index is -0.594. The molecule has 8 nitrogen and oxygen atoms in total. The van der Waals surface area contributed by atoms with Crippen LogP contribution in [0.5, 0.6) is 0 Å². The first-order valence-corrected chi connectivity index (χ1v) is 12.6. The van der Waals surface area contributed by atoms with Crippen molar-refractivity contribution in [1.82, 2.24) is 20.2 Å². The van der Waals surface area contributed by atoms with Crippen LogP contribution in [0.2, 0.25) is 0 Å². The van der Waals surface area contributed by atoms with Gasteiger partial charge in [0, 0.05) is 17.8 Å². The molecule has 4 heterocycles. The van der Waals surface area contributed by atoms with Crippen LogP contribution in [0.3, 0.4) is 0 Å². The van der Waals surface area contributed by atoms with Gasteiger partial charge in [-0.1, -0.05) is 42.5 Å². The largest absolute Gasteiger partial charge is 0.354 e. The van der Waals surface area contributed by atoms with Crippen LogP contribution in [-0.2, 0) is 0 Å². The van der Waals surface area contributed by atoms with E-state index in [9.17, 15) is 14.4 Å². The molecule has 6 rings (SSSR count). The highest BCUT2D eigenvalue weighted by Gasteiger charge is 2.37. The third-order valence-corrected chi connectivity index (χ3v) is 7.26. The number of nitrogens with zero attached hydrogens (tertiary/aromatic N) is 2. The van der Waals surface area contributed by atoms with Crippen molar-refractivity contribution in [3.63, 3.8) is 0 Å². The summed E-state index contributed by atoms with van der Waals surface area (Å²) in [5, 5.41) is 9.15. The van der Waals surface area contributed by atoms with E-state index in [1.807, 2.05) is 60.1 Å². The van der Waals surface area contributed by atoms with E-state index < -0.39 is 6.04 Å². The van der Waals surface area contributed by atoms with Crippen LogP contribution < -0.4 is 10.6 Å². The first-order chi connectivity index (χ1) is 18.1. The van der Waals surface area contributed by atoms with E-state index in [1.54, 1.807) is 30.5 Å². The quantitative estimate of drug-likeness (QED) is 0.265. The molecule has 1 atom stereocenters. The Balaban J connectivity index is 1.27. The van der Waals surface area contributed by atoms with Gasteiger partial charge < -0.3 is 15.6 Å². The molecule has 0 saturated heterocycles. The molecule has 0 spiro atoms. The van der Waals surface area contributed by atoms with Crippen LogP contribution in [-0.4, -0.2) is 39.1 Å². The second-order valence-electron chi connectivity index (χ2n) is 8.59. The van der Waals surface area contributed by atoms with Crippen molar-refractivity contribution < 1.29 is 14.4 Å². The van der Waals surface area contributed by atoms with Gasteiger partial charge in [0.2, 0.25) is 0 Å². The van der Waals surface area contributed by atoms with Gasteiger partial charge >= 0.3 is 0 Å². The molecule has 9 heteroatoms. The number of benzene rings is 2. The SMILES string of the molecule is O=C(N[C@H](CN1C(=O)c2ccccc2C1=O)c1ccccc1)c1sccc1Nc1ccnc2[nH]ccc12. The monoisotopic (exact) mass is 507 g/mol. The summed E-state index contributed by atoms with van der Waals surface area (Å²) in [4.78, 5) is 48.6. The number of hydrogen-bond acceptors (Lipinski definition) is 6. The fraction of sp³-hybridized carbons (Fsp3) is 0.0714. The molecule has 37 heavy (non-hydrogen) atoms. The van der Waals surface area contributed by atoms with E-state index in [1.165, 1.54) is 16.2 Å². The number of rotatable bonds is 7. The van der Waals surface area contributed by atoms with Crippen LogP contribution in [0, 0.1) is 0 Å². The lowest BCUT2D eigenvalue weighted by atomic mass is 10.1. The highest BCUT2D eigenvalue weighted by atomic mass is 32.1. The van der Waals surface area contributed by atoms with Crippen molar-refractivity contribution in [1.29, 1.82) is 0 Å². The minimum absolute atomic E-state index is 0.0184. The molecule has 0 radical (unpaired) electrons. The Morgan fingerprint density at radius 1 is 0.919 bits per heavy atom. The Labute approximate surface area is 216 Å². The Hall–Kier alpha value is -4.76. The Morgan fingerprint density at radius 2 is 1.65 bits per heavy atom. The lowest BCUT2D eigenvalue weighted by molar-refractivity contribution is 0.0629. The Bertz CT molecular complexity index is 1610. The average Bonchev–Trinajstić information content (AvgIpc) is 3.65. The first kappa shape index (κ1) is 22.7. The third-order valence-electron chi connectivity index (χ3n) is 6.35. The molecule has 0 fully saturated rings. The maximum atomic E-state index is 13.5. The van der Waals surface area contributed by atoms with Crippen molar-refractivity contribution in [3.05, 3.63) is 112 Å². The smallest absolute Gasteiger partial charge is 0.264 e. The average molecular weight is 508 g/mol. The fourth-order valence-corrected chi connectivity index (χ4v) is 5.28. The van der Waals surface area contributed by atoms with E-state index in [2.05, 4.69) is 20.6 Å². The topological polar surface area (TPSA) is 107 Å². The van der Waals surface area contributed by atoms with Gasteiger partial charge in [-0.3, -0.25) is 19.3 Å². The molecule has 0 unspecified atom stereocenters. The number of anilines is 2. The van der Waals surface area contributed by atoms with E-state index in [4.69, 9.17) is 0 Å². The van der Waals surface area contributed by atoms with Gasteiger partial charge in [0.25, 0.3) is 17.7 Å². The molecule has 1 aliphatic rings. The second-order valence-corrected chi connectivity index (χ2v) is 9.51. The number of hydrogen-bond donors (Lipinski definition) is 3. The highest BCUT2D eigenvalue weighted by Crippen LogP contribution is 2.31. The van der Waals surface area contributed by atoms with E-state index in [0.717, 1.165) is 22.3 Å². The van der Waals surface area contributed by atoms with Crippen LogP contribution in [0.1, 0.15) is 42.0 Å². The molecule has 3 amide bonds. The van der Waals surface area contributed by atoms with Crippen LogP contribution >= 0.6 is 11.3 Å². The van der Waals surface area contributed by atoms with Crippen molar-refractivity contribution >= 4 is 51.5 Å². The van der Waals surface area contributed by atoms with Crippen LogP contribution in [0.15, 0.2) is 90.6 Å². The molecular formula is C28H21N5O3S. The standard InChI is InChI=1S/C28H21N5O3S/c34-26(24-22(12-15-37-24)31-21-11-14-30-25-20(21)10-13-29-25)32-23(17-6-2-1-3-7-17)16-33-27(35)18-8-4-5-9-19(18)28(33)36/h1-15,23H,16H2,(H,32,34)(H2,29,30,31)/t23-/m1/s1. The van der Waals surface area contributed by atoms with Gasteiger partial charge in [0.1, 0.15) is 10.5 Å². The zero-order valence-electron chi connectivity index (χ0n) is 19.5. The number of pyridine rings is 1. The van der Waals surface area contributed by atoms with E-state index in [-0.39, 0.29) is 24.3 Å². The molecule has 1 aliphatic heterocycles. The number of aromatic amines is 1. The van der Waals surface area contributed by atoms with Gasteiger partial charge in [-0.25, -0.2) is 4.98 Å². The van der Waals surface area contributed by atoms with Crippen molar-refractivity contribution in [2.45, 2.75) is 6.04 Å². The number of aromatic nitrogens is 2. The molecule has 182 valence electrons. The van der Waals surface area contributed by atoms with Crippen molar-refractivity contribution in [2.75, 3.05) is 11.9 Å². The van der Waals surface area contributed by atoms with Crippen LogP contribution in [0.25, 0.3) is 11.0 Å². The lowest BCUT2D eigenvalue weighted by Gasteiger charge is -2.24. The number of thiophene rings is 1. The molecule has 0 bridgehead atoms. The summed E-state index contributed by atoms with van der Waals surface area (Å²) >= 11 is 1.31. The summed E-state index contributed by atoms with van der Waals surface area (Å²) in [5.41, 5.74) is 3.78. The highest BCUT2D eigenvalue weighted by molar-refractivity contribution is 7.12. The summed E-state index contributed by atoms with van der Waals surface area (Å²) in [6.45, 7) is 0.0184. The zero-order valence-corrected chi connectivity index (χ0v) is 20.3. The van der Waals surface area contributed by atoms with E-state index >= 15 is 0 Å². The number of amides is 3. The first-order valence-electron chi connectivity index (χ1n) is 11.7. The Morgan fingerprint density at radius 3 is 2.41 bits per heavy atom. The van der Waals surface area contributed by atoms with E-state index in [0.29, 0.717) is 21.7 Å². The maximum absolute atomic E-state index is 13.5. The molecule has 0 saturated carbocycles. The maximum Gasteiger partial charge on any atom is 0.264 e. The number of nitrogens with one attached hydrogen (secondary N) is 3. The molecule has 5 aromatic rings. The number of fused-ring (bicyclic) bond motifs is 2. The third kappa shape index (κ3) is 4.15. The van der Waals surface area contributed by atoms with Gasteiger partial charge in [0.15, 0.2) is 0 Å². The molecule has 2 aromatic carbocycles. The zero-order chi connectivity index (χ0) is 25.4. The fourth-order valence-electron chi connectivity index (χ4n) is 4.53. The lowest BCUT2D eigenvalue weighted by Crippen LogP contribution is -2.40. The normalized spacial score (nSPS) is 13.6. The van der Waals surface area contributed by atoms with Crippen LogP contribution in [0.4, 0.5) is 11.4 Å². The van der Waals surface area contributed by atoms with Gasteiger partial charge in [-0.2, -0.15) is 0 Å². The minimum Gasteiger partial charge on any atom is -0.354 e. The number of carbonyl (C=O) groups is 3. The molecule has 0 aliphatic carbocycles. The van der Waals surface area contributed by atoms with Gasteiger partial charge in [-0.05, 0) is 41.3 Å².